The highest BCUT2D eigenvalue weighted by Gasteiger charge is 2.28. The first-order chi connectivity index (χ1) is 23.3. The molecule has 3 aromatic rings. The molecule has 0 atom stereocenters. The predicted octanol–water partition coefficient (Wildman–Crippen LogP) is 7.71. The van der Waals surface area contributed by atoms with Gasteiger partial charge in [-0.3, -0.25) is 0 Å². The van der Waals surface area contributed by atoms with Crippen LogP contribution in [0.2, 0.25) is 0 Å². The van der Waals surface area contributed by atoms with Crippen LogP contribution in [0.25, 0.3) is 33.9 Å². The summed E-state index contributed by atoms with van der Waals surface area (Å²) < 4.78 is 44.1. The third-order valence-corrected chi connectivity index (χ3v) is 8.18. The van der Waals surface area contributed by atoms with Gasteiger partial charge in [-0.2, -0.15) is 0 Å². The maximum Gasteiger partial charge on any atom is 0.410 e. The number of rotatable bonds is 6. The van der Waals surface area contributed by atoms with Crippen molar-refractivity contribution in [2.45, 2.75) is 91.6 Å². The molecule has 2 aliphatic rings. The van der Waals surface area contributed by atoms with Crippen molar-refractivity contribution in [3.8, 4) is 22.8 Å². The molecule has 3 heterocycles. The van der Waals surface area contributed by atoms with E-state index in [9.17, 15) is 14.7 Å². The van der Waals surface area contributed by atoms with Crippen molar-refractivity contribution in [2.75, 3.05) is 26.2 Å². The first-order valence-electron chi connectivity index (χ1n) is 16.9. The molecule has 0 saturated carbocycles. The number of amides is 2. The Bertz CT molecular complexity index is 1700. The number of halogens is 2. The normalized spacial score (nSPS) is 15.8. The highest BCUT2D eigenvalue weighted by Crippen LogP contribution is 2.34. The van der Waals surface area contributed by atoms with E-state index in [1.54, 1.807) is 47.9 Å². The number of hydrogen-bond donors (Lipinski definition) is 1. The molecule has 0 bridgehead atoms. The van der Waals surface area contributed by atoms with Gasteiger partial charge in [-0.1, -0.05) is 24.3 Å². The molecule has 1 N–H and O–H groups in total. The number of hydrogen-bond acceptors (Lipinski definition) is 7. The van der Waals surface area contributed by atoms with Gasteiger partial charge >= 0.3 is 12.2 Å². The molecule has 5 rings (SSSR count). The summed E-state index contributed by atoms with van der Waals surface area (Å²) in [7, 11) is 0. The lowest BCUT2D eigenvalue weighted by molar-refractivity contribution is 0.0260. The smallest absolute Gasteiger partial charge is 0.410 e. The van der Waals surface area contributed by atoms with Crippen molar-refractivity contribution < 1.29 is 33.0 Å². The van der Waals surface area contributed by atoms with Crippen molar-refractivity contribution in [1.29, 1.82) is 0 Å². The van der Waals surface area contributed by atoms with E-state index in [0.29, 0.717) is 50.1 Å². The summed E-state index contributed by atoms with van der Waals surface area (Å²) in [6.07, 6.45) is 4.07. The molecule has 12 heteroatoms. The molecule has 50 heavy (non-hydrogen) atoms. The number of ether oxygens (including phenoxy) is 2. The van der Waals surface area contributed by atoms with E-state index in [1.807, 2.05) is 53.7 Å². The highest BCUT2D eigenvalue weighted by atomic mass is 19.1. The predicted molar refractivity (Wildman–Crippen MR) is 188 cm³/mol. The number of carbonyl (C=O) groups excluding carboxylic acids is 2. The maximum atomic E-state index is 15.8. The molecule has 0 saturated heterocycles. The molecule has 0 radical (unpaired) electrons. The second kappa shape index (κ2) is 14.0. The first kappa shape index (κ1) is 36.7. The second-order valence-corrected chi connectivity index (χ2v) is 15.4. The van der Waals surface area contributed by atoms with E-state index in [4.69, 9.17) is 9.47 Å². The summed E-state index contributed by atoms with van der Waals surface area (Å²) in [5.74, 6) is -0.787. The fourth-order valence-electron chi connectivity index (χ4n) is 5.88. The topological polar surface area (TPSA) is 110 Å². The minimum absolute atomic E-state index is 0.0235. The molecule has 0 spiro atoms. The van der Waals surface area contributed by atoms with E-state index in [2.05, 4.69) is 10.2 Å². The average molecular weight is 692 g/mol. The zero-order chi connectivity index (χ0) is 36.6. The van der Waals surface area contributed by atoms with E-state index >= 15 is 8.78 Å². The monoisotopic (exact) mass is 691 g/mol. The maximum absolute atomic E-state index is 15.8. The zero-order valence-electron chi connectivity index (χ0n) is 30.1. The third kappa shape index (κ3) is 8.95. The van der Waals surface area contributed by atoms with Crippen LogP contribution in [0.3, 0.4) is 0 Å². The highest BCUT2D eigenvalue weighted by molar-refractivity contribution is 5.76. The van der Waals surface area contributed by atoms with Crippen LogP contribution in [0, 0.1) is 11.6 Å². The quantitative estimate of drug-likeness (QED) is 0.282. The van der Waals surface area contributed by atoms with Crippen LogP contribution in [0.1, 0.15) is 79.4 Å². The van der Waals surface area contributed by atoms with Crippen LogP contribution in [-0.4, -0.2) is 84.8 Å². The lowest BCUT2D eigenvalue weighted by Gasteiger charge is -2.29. The van der Waals surface area contributed by atoms with Gasteiger partial charge in [0.2, 0.25) is 0 Å². The van der Waals surface area contributed by atoms with Gasteiger partial charge in [-0.15, -0.1) is 10.2 Å². The van der Waals surface area contributed by atoms with E-state index in [0.717, 1.165) is 11.1 Å². The van der Waals surface area contributed by atoms with Gasteiger partial charge in [-0.05, 0) is 115 Å². The standard InChI is InChI=1S/C38H47F2N5O5/c1-36(2,3)49-34(46)43-17-13-24(14-18-43)26-9-11-28(30(39)21-26)32-41-42-33(45(32)23-38(7,8)48)29-12-10-27(22-31(29)40)25-15-19-44(20-16-25)35(47)50-37(4,5)6/h9-13,15,21-22,48H,14,16-20,23H2,1-8H3. The second-order valence-electron chi connectivity index (χ2n) is 15.4. The van der Waals surface area contributed by atoms with Gasteiger partial charge in [0.15, 0.2) is 11.6 Å². The number of aliphatic hydroxyl groups is 1. The van der Waals surface area contributed by atoms with Gasteiger partial charge in [0, 0.05) is 26.2 Å². The largest absolute Gasteiger partial charge is 0.444 e. The van der Waals surface area contributed by atoms with Gasteiger partial charge < -0.3 is 28.9 Å². The molecule has 2 aromatic carbocycles. The lowest BCUT2D eigenvalue weighted by atomic mass is 9.97. The summed E-state index contributed by atoms with van der Waals surface area (Å²) in [5, 5.41) is 19.3. The van der Waals surface area contributed by atoms with Crippen LogP contribution in [-0.2, 0) is 16.0 Å². The Morgan fingerprint density at radius 3 is 1.42 bits per heavy atom. The Hall–Kier alpha value is -4.58. The molecular formula is C38H47F2N5O5. The van der Waals surface area contributed by atoms with E-state index in [-0.39, 0.29) is 41.5 Å². The SMILES string of the molecule is CC(C)(O)Cn1c(-c2ccc(C3=CCN(C(=O)OC(C)(C)C)CC3)cc2F)nnc1-c1ccc(C2=CCN(C(=O)OC(C)(C)C)CC2)cc1F. The fourth-order valence-corrected chi connectivity index (χ4v) is 5.88. The number of nitrogens with zero attached hydrogens (tertiary/aromatic N) is 5. The lowest BCUT2D eigenvalue weighted by Crippen LogP contribution is -2.39. The van der Waals surface area contributed by atoms with Gasteiger partial charge in [0.25, 0.3) is 0 Å². The van der Waals surface area contributed by atoms with Gasteiger partial charge in [0.1, 0.15) is 22.8 Å². The van der Waals surface area contributed by atoms with Crippen molar-refractivity contribution >= 4 is 23.3 Å². The van der Waals surface area contributed by atoms with Crippen molar-refractivity contribution in [1.82, 2.24) is 24.6 Å². The van der Waals surface area contributed by atoms with E-state index < -0.39 is 28.4 Å². The van der Waals surface area contributed by atoms with Crippen molar-refractivity contribution in [3.63, 3.8) is 0 Å². The summed E-state index contributed by atoms with van der Waals surface area (Å²) in [4.78, 5) is 28.1. The molecular weight excluding hydrogens is 644 g/mol. The number of aromatic nitrogens is 3. The molecule has 2 aliphatic heterocycles. The molecule has 0 unspecified atom stereocenters. The molecule has 0 fully saturated rings. The molecule has 268 valence electrons. The van der Waals surface area contributed by atoms with Crippen LogP contribution in [0.4, 0.5) is 18.4 Å². The summed E-state index contributed by atoms with van der Waals surface area (Å²) in [6.45, 7) is 15.7. The Kier molecular flexibility index (Phi) is 10.3. The van der Waals surface area contributed by atoms with Crippen LogP contribution in [0.5, 0.6) is 0 Å². The van der Waals surface area contributed by atoms with Gasteiger partial charge in [0.05, 0.1) is 23.3 Å². The molecule has 2 amide bonds. The Morgan fingerprint density at radius 2 is 1.12 bits per heavy atom. The van der Waals surface area contributed by atoms with Crippen LogP contribution < -0.4 is 0 Å². The summed E-state index contributed by atoms with van der Waals surface area (Å²) in [6, 6.07) is 9.63. The number of benzene rings is 2. The Balaban J connectivity index is 1.38. The van der Waals surface area contributed by atoms with Crippen molar-refractivity contribution in [2.24, 2.45) is 0 Å². The van der Waals surface area contributed by atoms with Crippen LogP contribution >= 0.6 is 0 Å². The molecule has 10 nitrogen and oxygen atoms in total. The third-order valence-electron chi connectivity index (χ3n) is 8.18. The zero-order valence-corrected chi connectivity index (χ0v) is 30.1. The average Bonchev–Trinajstić information content (AvgIpc) is 3.40. The van der Waals surface area contributed by atoms with E-state index in [1.165, 1.54) is 16.7 Å². The van der Waals surface area contributed by atoms with Crippen molar-refractivity contribution in [3.05, 3.63) is 71.3 Å². The van der Waals surface area contributed by atoms with Gasteiger partial charge in [-0.25, -0.2) is 18.4 Å². The Morgan fingerprint density at radius 1 is 0.720 bits per heavy atom. The number of carbonyl (C=O) groups is 2. The first-order valence-corrected chi connectivity index (χ1v) is 16.9. The fraction of sp³-hybridized carbons (Fsp3) is 0.474. The molecule has 0 aliphatic carbocycles. The summed E-state index contributed by atoms with van der Waals surface area (Å²) >= 11 is 0. The summed E-state index contributed by atoms with van der Waals surface area (Å²) in [5.41, 5.74) is 1.03. The minimum Gasteiger partial charge on any atom is -0.444 e. The molecule has 1 aromatic heterocycles. The Labute approximate surface area is 292 Å². The van der Waals surface area contributed by atoms with Crippen LogP contribution in [0.15, 0.2) is 48.6 Å². The minimum atomic E-state index is -1.25.